The number of nitrogen functional groups attached to an aromatic ring is 1. The van der Waals surface area contributed by atoms with E-state index in [0.29, 0.717) is 35.0 Å². The fraction of sp³-hybridized carbons (Fsp3) is 0.459. The lowest BCUT2D eigenvalue weighted by Gasteiger charge is -2.27. The van der Waals surface area contributed by atoms with Gasteiger partial charge in [-0.3, -0.25) is 4.79 Å². The van der Waals surface area contributed by atoms with Crippen molar-refractivity contribution in [1.29, 1.82) is 0 Å². The molecule has 1 atom stereocenters. The Kier molecular flexibility index (Phi) is 22.0. The van der Waals surface area contributed by atoms with E-state index in [1.54, 1.807) is 13.8 Å². The summed E-state index contributed by atoms with van der Waals surface area (Å²) in [6.45, 7) is 22.5. The monoisotopic (exact) mass is 623 g/mol. The van der Waals surface area contributed by atoms with Gasteiger partial charge in [-0.05, 0) is 49.8 Å². The molecule has 0 aliphatic carbocycles. The number of alkyl halides is 1. The van der Waals surface area contributed by atoms with Gasteiger partial charge >= 0.3 is 5.97 Å². The average Bonchev–Trinajstić information content (AvgIpc) is 3.02. The van der Waals surface area contributed by atoms with Crippen molar-refractivity contribution in [3.05, 3.63) is 82.4 Å². The van der Waals surface area contributed by atoms with Gasteiger partial charge in [-0.1, -0.05) is 109 Å². The van der Waals surface area contributed by atoms with Crippen LogP contribution in [0.3, 0.4) is 0 Å². The largest absolute Gasteiger partial charge is 0.481 e. The van der Waals surface area contributed by atoms with E-state index < -0.39 is 11.4 Å². The molecule has 2 rings (SSSR count). The normalized spacial score (nSPS) is 12.3. The first-order valence-corrected chi connectivity index (χ1v) is 15.8. The number of rotatable bonds is 13. The summed E-state index contributed by atoms with van der Waals surface area (Å²) in [7, 11) is 0. The Balaban J connectivity index is 0. The highest BCUT2D eigenvalue weighted by Crippen LogP contribution is 2.36. The molecule has 6 nitrogen and oxygen atoms in total. The zero-order valence-electron chi connectivity index (χ0n) is 28.3. The van der Waals surface area contributed by atoms with Crippen LogP contribution in [0.5, 0.6) is 0 Å². The number of carboxylic acids is 1. The molecule has 0 aliphatic rings. The minimum Gasteiger partial charge on any atom is -0.481 e. The van der Waals surface area contributed by atoms with E-state index in [9.17, 15) is 9.59 Å². The number of halogens is 1. The molecule has 7 heteroatoms. The van der Waals surface area contributed by atoms with Crippen molar-refractivity contribution in [3.8, 4) is 12.8 Å². The maximum Gasteiger partial charge on any atom is 0.303 e. The number of aromatic nitrogens is 2. The summed E-state index contributed by atoms with van der Waals surface area (Å²) in [4.78, 5) is 32.5. The predicted octanol–water partition coefficient (Wildman–Crippen LogP) is 9.14. The summed E-state index contributed by atoms with van der Waals surface area (Å²) in [5.74, 6) is 0.414. The second-order valence-electron chi connectivity index (χ2n) is 10.4. The van der Waals surface area contributed by atoms with Crippen LogP contribution in [0.1, 0.15) is 109 Å². The lowest BCUT2D eigenvalue weighted by Crippen LogP contribution is -2.29. The van der Waals surface area contributed by atoms with Crippen molar-refractivity contribution in [2.24, 2.45) is 5.92 Å². The molecule has 242 valence electrons. The molecule has 0 bridgehead atoms. The highest BCUT2D eigenvalue weighted by molar-refractivity contribution is 6.18. The Hall–Kier alpha value is -3.69. The predicted molar refractivity (Wildman–Crippen MR) is 189 cm³/mol. The molecule has 44 heavy (non-hydrogen) atoms. The Labute approximate surface area is 271 Å². The van der Waals surface area contributed by atoms with Crippen LogP contribution < -0.4 is 5.73 Å². The number of aryl methyl sites for hydroxylation is 2. The van der Waals surface area contributed by atoms with Gasteiger partial charge in [0.05, 0.1) is 5.41 Å². The van der Waals surface area contributed by atoms with Crippen LogP contribution in [0.15, 0.2) is 54.1 Å². The number of aliphatic carboxylic acids is 1. The van der Waals surface area contributed by atoms with Gasteiger partial charge in [0, 0.05) is 29.1 Å². The molecule has 0 saturated carbocycles. The maximum absolute atomic E-state index is 12.4. The number of nitrogens with zero attached hydrogens (tertiary/aromatic N) is 2. The Morgan fingerprint density at radius 1 is 1.14 bits per heavy atom. The third-order valence-corrected chi connectivity index (χ3v) is 7.20. The summed E-state index contributed by atoms with van der Waals surface area (Å²) >= 11 is 5.87. The number of hydrogen-bond donors (Lipinski definition) is 2. The van der Waals surface area contributed by atoms with Crippen molar-refractivity contribution in [2.75, 3.05) is 11.6 Å². The number of carbonyl (C=O) groups excluding carboxylic acids is 1. The minimum absolute atomic E-state index is 0.0440. The summed E-state index contributed by atoms with van der Waals surface area (Å²) in [5, 5.41) is 8.91. The smallest absolute Gasteiger partial charge is 0.303 e. The van der Waals surface area contributed by atoms with Crippen LogP contribution in [-0.4, -0.2) is 33.2 Å². The van der Waals surface area contributed by atoms with Crippen LogP contribution >= 0.6 is 11.6 Å². The summed E-state index contributed by atoms with van der Waals surface area (Å²) in [6.07, 6.45) is 17.2. The molecule has 0 radical (unpaired) electrons. The first-order chi connectivity index (χ1) is 20.9. The Bertz CT molecular complexity index is 1240. The summed E-state index contributed by atoms with van der Waals surface area (Å²) in [5.41, 5.74) is 10.7. The lowest BCUT2D eigenvalue weighted by atomic mass is 9.76. The van der Waals surface area contributed by atoms with Gasteiger partial charge in [0.1, 0.15) is 12.1 Å². The number of aldehydes is 1. The maximum atomic E-state index is 12.4. The number of carboxylic acid groups (broad SMARTS) is 1. The van der Waals surface area contributed by atoms with Gasteiger partial charge in [-0.2, -0.15) is 0 Å². The van der Waals surface area contributed by atoms with Crippen molar-refractivity contribution in [2.45, 2.75) is 99.8 Å². The molecule has 0 fully saturated rings. The topological polar surface area (TPSA) is 106 Å². The van der Waals surface area contributed by atoms with Crippen molar-refractivity contribution in [3.63, 3.8) is 0 Å². The second kappa shape index (κ2) is 22.8. The van der Waals surface area contributed by atoms with E-state index in [1.807, 2.05) is 57.2 Å². The number of allylic oxidation sites excluding steroid dienone is 5. The van der Waals surface area contributed by atoms with E-state index in [1.165, 1.54) is 19.3 Å². The number of anilines is 1. The molecule has 0 spiro atoms. The third-order valence-electron chi connectivity index (χ3n) is 7.02. The van der Waals surface area contributed by atoms with Crippen LogP contribution in [0.25, 0.3) is 5.57 Å². The highest BCUT2D eigenvalue weighted by atomic mass is 35.5. The highest BCUT2D eigenvalue weighted by Gasteiger charge is 2.34. The average molecular weight is 624 g/mol. The van der Waals surface area contributed by atoms with Gasteiger partial charge in [-0.25, -0.2) is 9.97 Å². The summed E-state index contributed by atoms with van der Waals surface area (Å²) in [6, 6.07) is 7.30. The molecular weight excluding hydrogens is 570 g/mol. The Morgan fingerprint density at radius 2 is 1.68 bits per heavy atom. The molecule has 0 unspecified atom stereocenters. The first kappa shape index (κ1) is 42.4. The molecular formula is C37H54ClN3O3. The van der Waals surface area contributed by atoms with Crippen molar-refractivity contribution in [1.82, 2.24) is 9.97 Å². The minimum atomic E-state index is -1.08. The molecule has 0 aliphatic heterocycles. The molecule has 1 heterocycles. The third kappa shape index (κ3) is 12.9. The van der Waals surface area contributed by atoms with Crippen LogP contribution in [-0.2, 0) is 21.4 Å². The van der Waals surface area contributed by atoms with Gasteiger partial charge in [-0.15, -0.1) is 24.4 Å². The number of carbonyl (C=O) groups is 2. The fourth-order valence-electron chi connectivity index (χ4n) is 4.33. The van der Waals surface area contributed by atoms with Crippen LogP contribution in [0.2, 0.25) is 0 Å². The van der Waals surface area contributed by atoms with Gasteiger partial charge in [0.15, 0.2) is 5.82 Å². The molecule has 2 aromatic rings. The van der Waals surface area contributed by atoms with Gasteiger partial charge in [0.25, 0.3) is 0 Å². The molecule has 1 aromatic carbocycles. The van der Waals surface area contributed by atoms with Gasteiger partial charge in [0.2, 0.25) is 0 Å². The Morgan fingerprint density at radius 3 is 2.07 bits per heavy atom. The number of hydrogen-bond acceptors (Lipinski definition) is 5. The van der Waals surface area contributed by atoms with Crippen molar-refractivity contribution < 1.29 is 14.7 Å². The molecule has 0 saturated heterocycles. The zero-order valence-corrected chi connectivity index (χ0v) is 29.1. The number of nitrogens with two attached hydrogens (primary N) is 1. The molecule has 1 aromatic heterocycles. The lowest BCUT2D eigenvalue weighted by molar-refractivity contribution is -0.137. The number of unbranched alkanes of at least 4 members (excludes halogenated alkanes) is 2. The SMILES string of the molecule is C#C.C=C(C(/C=C\CCl)=C(/C)C(C)C)c1nc(C)c([C@@](C)(C=O)c2ccc(CCC(=O)O)cc2)c(N)n1.CC.CCCCC. The zero-order chi connectivity index (χ0) is 34.5. The van der Waals surface area contributed by atoms with Crippen LogP contribution in [0, 0.1) is 25.7 Å². The standard InChI is InChI=1S/C28H34ClN3O3.C5H12.C2H6.C2H2/c1-17(2)18(3)23(8-7-15-29)19(4)27-31-20(5)25(26(30)32-27)28(6,16-33)22-12-9-21(10-13-22)11-14-24(34)35;1-3-5-4-2;2*1-2/h7-10,12-13,16-17H,4,11,14-15H2,1-3,5-6H3,(H,34,35)(H2,30,31,32);3-5H2,1-2H3;1-2H3;1-2H/b8-7-,23-18-;;;/t28-;;;/m0.../s1. The van der Waals surface area contributed by atoms with E-state index in [2.05, 4.69) is 52.1 Å². The van der Waals surface area contributed by atoms with Crippen molar-refractivity contribution >= 4 is 35.2 Å². The van der Waals surface area contributed by atoms with Gasteiger partial charge < -0.3 is 15.6 Å². The first-order valence-electron chi connectivity index (χ1n) is 15.3. The second-order valence-corrected chi connectivity index (χ2v) is 10.8. The molecule has 0 amide bonds. The van der Waals surface area contributed by atoms with E-state index >= 15 is 0 Å². The summed E-state index contributed by atoms with van der Waals surface area (Å²) < 4.78 is 0. The quantitative estimate of drug-likeness (QED) is 0.0997. The molecule has 3 N–H and O–H groups in total. The van der Waals surface area contributed by atoms with E-state index in [0.717, 1.165) is 28.6 Å². The van der Waals surface area contributed by atoms with E-state index in [4.69, 9.17) is 27.4 Å². The number of benzene rings is 1. The number of terminal acetylenes is 1. The fourth-order valence-corrected chi connectivity index (χ4v) is 4.42. The van der Waals surface area contributed by atoms with E-state index in [-0.39, 0.29) is 18.2 Å². The van der Waals surface area contributed by atoms with Crippen LogP contribution in [0.4, 0.5) is 5.82 Å².